The number of nitrogens with one attached hydrogen (secondary N) is 2. The molecule has 0 atom stereocenters. The lowest BCUT2D eigenvalue weighted by molar-refractivity contribution is 0.473. The van der Waals surface area contributed by atoms with Gasteiger partial charge in [-0.3, -0.25) is 5.41 Å². The van der Waals surface area contributed by atoms with E-state index in [9.17, 15) is 5.11 Å². The normalized spacial score (nSPS) is 9.18. The number of rotatable bonds is 1. The van der Waals surface area contributed by atoms with Crippen LogP contribution in [-0.4, -0.2) is 10.9 Å². The summed E-state index contributed by atoms with van der Waals surface area (Å²) in [4.78, 5) is 0. The lowest BCUT2D eigenvalue weighted by atomic mass is 10.2. The maximum absolute atomic E-state index is 9.18. The number of hydrogen-bond donors (Lipinski definition) is 4. The molecular weight excluding hydrogens is 142 g/mol. The summed E-state index contributed by atoms with van der Waals surface area (Å²) in [6.45, 7) is 0. The van der Waals surface area contributed by atoms with E-state index < -0.39 is 0 Å². The van der Waals surface area contributed by atoms with Crippen LogP contribution in [-0.2, 0) is 0 Å². The van der Waals surface area contributed by atoms with E-state index in [0.29, 0.717) is 5.56 Å². The highest BCUT2D eigenvalue weighted by Crippen LogP contribution is 2.14. The van der Waals surface area contributed by atoms with Crippen LogP contribution in [0.25, 0.3) is 0 Å². The first-order chi connectivity index (χ1) is 5.25. The average molecular weight is 151 g/mol. The number of phenols is 1. The van der Waals surface area contributed by atoms with E-state index >= 15 is 0 Å². The molecule has 0 spiro atoms. The molecule has 58 valence electrons. The van der Waals surface area contributed by atoms with Crippen LogP contribution in [0.3, 0.4) is 0 Å². The summed E-state index contributed by atoms with van der Waals surface area (Å²) in [5.41, 5.74) is 2.54. The van der Waals surface area contributed by atoms with E-state index in [1.807, 2.05) is 0 Å². The third-order valence-electron chi connectivity index (χ3n) is 1.32. The van der Waals surface area contributed by atoms with Crippen LogP contribution < -0.4 is 11.3 Å². The number of aromatic hydroxyl groups is 1. The van der Waals surface area contributed by atoms with Crippen molar-refractivity contribution < 1.29 is 5.11 Å². The molecule has 11 heavy (non-hydrogen) atoms. The van der Waals surface area contributed by atoms with E-state index in [-0.39, 0.29) is 11.6 Å². The van der Waals surface area contributed by atoms with Gasteiger partial charge in [-0.1, -0.05) is 12.1 Å². The second-order valence-corrected chi connectivity index (χ2v) is 2.04. The van der Waals surface area contributed by atoms with Crippen molar-refractivity contribution in [1.29, 1.82) is 5.41 Å². The SMILES string of the molecule is N=C(NN)c1ccccc1O. The Kier molecular flexibility index (Phi) is 2.08. The predicted octanol–water partition coefficient (Wildman–Crippen LogP) is 0.181. The maximum atomic E-state index is 9.18. The third kappa shape index (κ3) is 1.47. The number of phenolic OH excluding ortho intramolecular Hbond substituents is 1. The van der Waals surface area contributed by atoms with Crippen LogP contribution in [0.4, 0.5) is 0 Å². The topological polar surface area (TPSA) is 82.1 Å². The van der Waals surface area contributed by atoms with Gasteiger partial charge in [-0.25, -0.2) is 5.84 Å². The van der Waals surface area contributed by atoms with Gasteiger partial charge >= 0.3 is 0 Å². The van der Waals surface area contributed by atoms with Gasteiger partial charge in [0.25, 0.3) is 0 Å². The zero-order valence-corrected chi connectivity index (χ0v) is 5.83. The summed E-state index contributed by atoms with van der Waals surface area (Å²) in [5.74, 6) is 5.04. The number of hydrogen-bond acceptors (Lipinski definition) is 3. The minimum Gasteiger partial charge on any atom is -0.507 e. The van der Waals surface area contributed by atoms with Crippen molar-refractivity contribution in [3.63, 3.8) is 0 Å². The molecule has 0 saturated heterocycles. The molecular formula is C7H9N3O. The molecule has 0 radical (unpaired) electrons. The lowest BCUT2D eigenvalue weighted by Gasteiger charge is -2.03. The van der Waals surface area contributed by atoms with Crippen LogP contribution in [0.5, 0.6) is 5.75 Å². The fourth-order valence-corrected chi connectivity index (χ4v) is 0.763. The quantitative estimate of drug-likeness (QED) is 0.200. The molecule has 0 fully saturated rings. The minimum absolute atomic E-state index is 0.00287. The number of amidine groups is 1. The van der Waals surface area contributed by atoms with E-state index in [0.717, 1.165) is 0 Å². The van der Waals surface area contributed by atoms with Gasteiger partial charge < -0.3 is 10.5 Å². The second kappa shape index (κ2) is 3.03. The van der Waals surface area contributed by atoms with Gasteiger partial charge in [-0.15, -0.1) is 0 Å². The number of benzene rings is 1. The molecule has 0 aromatic heterocycles. The summed E-state index contributed by atoms with van der Waals surface area (Å²) in [6, 6.07) is 6.52. The highest BCUT2D eigenvalue weighted by atomic mass is 16.3. The highest BCUT2D eigenvalue weighted by molar-refractivity contribution is 5.98. The van der Waals surface area contributed by atoms with Crippen molar-refractivity contribution in [3.05, 3.63) is 29.8 Å². The Bertz CT molecular complexity index is 272. The molecule has 4 nitrogen and oxygen atoms in total. The first kappa shape index (κ1) is 7.56. The molecule has 0 heterocycles. The molecule has 0 aliphatic heterocycles. The Balaban J connectivity index is 3.03. The molecule has 1 aromatic rings. The summed E-state index contributed by atoms with van der Waals surface area (Å²) in [6.07, 6.45) is 0. The van der Waals surface area contributed by atoms with Crippen LogP contribution >= 0.6 is 0 Å². The van der Waals surface area contributed by atoms with Gasteiger partial charge in [0.2, 0.25) is 0 Å². The zero-order valence-electron chi connectivity index (χ0n) is 5.83. The molecule has 0 aliphatic carbocycles. The second-order valence-electron chi connectivity index (χ2n) is 2.04. The minimum atomic E-state index is 0.00287. The smallest absolute Gasteiger partial charge is 0.143 e. The van der Waals surface area contributed by atoms with Crippen LogP contribution in [0.2, 0.25) is 0 Å². The summed E-state index contributed by atoms with van der Waals surface area (Å²) >= 11 is 0. The Morgan fingerprint density at radius 3 is 2.64 bits per heavy atom. The predicted molar refractivity (Wildman–Crippen MR) is 42.3 cm³/mol. The molecule has 5 N–H and O–H groups in total. The van der Waals surface area contributed by atoms with E-state index in [1.165, 1.54) is 6.07 Å². The third-order valence-corrected chi connectivity index (χ3v) is 1.32. The molecule has 0 saturated carbocycles. The van der Waals surface area contributed by atoms with Crippen LogP contribution in [0.15, 0.2) is 24.3 Å². The summed E-state index contributed by atoms with van der Waals surface area (Å²) in [5, 5.41) is 16.4. The van der Waals surface area contributed by atoms with E-state index in [2.05, 4.69) is 5.43 Å². The van der Waals surface area contributed by atoms with Crippen molar-refractivity contribution in [2.24, 2.45) is 5.84 Å². The monoisotopic (exact) mass is 151 g/mol. The first-order valence-electron chi connectivity index (χ1n) is 3.09. The molecule has 0 aliphatic rings. The fourth-order valence-electron chi connectivity index (χ4n) is 0.763. The van der Waals surface area contributed by atoms with Gasteiger partial charge in [-0.05, 0) is 12.1 Å². The Hall–Kier alpha value is -1.55. The highest BCUT2D eigenvalue weighted by Gasteiger charge is 2.02. The Labute approximate surface area is 64.1 Å². The zero-order chi connectivity index (χ0) is 8.27. The number of hydrazine groups is 1. The first-order valence-corrected chi connectivity index (χ1v) is 3.09. The molecule has 1 rings (SSSR count). The summed E-state index contributed by atoms with van der Waals surface area (Å²) < 4.78 is 0. The molecule has 0 unspecified atom stereocenters. The van der Waals surface area contributed by atoms with Crippen molar-refractivity contribution in [2.45, 2.75) is 0 Å². The van der Waals surface area contributed by atoms with Gasteiger partial charge in [0, 0.05) is 0 Å². The van der Waals surface area contributed by atoms with Gasteiger partial charge in [0.15, 0.2) is 0 Å². The molecule has 0 bridgehead atoms. The van der Waals surface area contributed by atoms with Crippen molar-refractivity contribution >= 4 is 5.84 Å². The molecule has 4 heteroatoms. The Morgan fingerprint density at radius 2 is 2.09 bits per heavy atom. The average Bonchev–Trinajstić information content (AvgIpc) is 2.04. The fraction of sp³-hybridized carbons (Fsp3) is 0. The largest absolute Gasteiger partial charge is 0.507 e. The van der Waals surface area contributed by atoms with Crippen LogP contribution in [0, 0.1) is 5.41 Å². The Morgan fingerprint density at radius 1 is 1.45 bits per heavy atom. The van der Waals surface area contributed by atoms with Gasteiger partial charge in [0.1, 0.15) is 11.6 Å². The van der Waals surface area contributed by atoms with E-state index in [1.54, 1.807) is 18.2 Å². The maximum Gasteiger partial charge on any atom is 0.143 e. The van der Waals surface area contributed by atoms with Crippen LogP contribution in [0.1, 0.15) is 5.56 Å². The van der Waals surface area contributed by atoms with Gasteiger partial charge in [0.05, 0.1) is 5.56 Å². The van der Waals surface area contributed by atoms with Crippen molar-refractivity contribution in [3.8, 4) is 5.75 Å². The van der Waals surface area contributed by atoms with Gasteiger partial charge in [-0.2, -0.15) is 0 Å². The molecule has 0 amide bonds. The number of nitrogens with two attached hydrogens (primary N) is 1. The molecule has 1 aromatic carbocycles. The number of para-hydroxylation sites is 1. The van der Waals surface area contributed by atoms with E-state index in [4.69, 9.17) is 11.3 Å². The summed E-state index contributed by atoms with van der Waals surface area (Å²) in [7, 11) is 0. The lowest BCUT2D eigenvalue weighted by Crippen LogP contribution is -2.29. The standard InChI is InChI=1S/C7H9N3O/c8-7(10-9)5-3-1-2-4-6(5)11/h1-4,11H,9H2,(H2,8,10). The van der Waals surface area contributed by atoms with Crippen molar-refractivity contribution in [1.82, 2.24) is 5.43 Å². The van der Waals surface area contributed by atoms with Crippen molar-refractivity contribution in [2.75, 3.05) is 0 Å².